The van der Waals surface area contributed by atoms with Crippen molar-refractivity contribution < 1.29 is 19.0 Å². The zero-order valence-corrected chi connectivity index (χ0v) is 18.2. The second-order valence-corrected chi connectivity index (χ2v) is 7.93. The van der Waals surface area contributed by atoms with Gasteiger partial charge in [0.25, 0.3) is 5.91 Å². The van der Waals surface area contributed by atoms with E-state index in [-0.39, 0.29) is 11.9 Å². The third kappa shape index (κ3) is 5.22. The summed E-state index contributed by atoms with van der Waals surface area (Å²) in [7, 11) is 4.64. The van der Waals surface area contributed by atoms with E-state index in [4.69, 9.17) is 14.2 Å². The second-order valence-electron chi connectivity index (χ2n) is 7.15. The van der Waals surface area contributed by atoms with Crippen LogP contribution in [0, 0.1) is 0 Å². The Balaban J connectivity index is 1.76. The number of rotatable bonds is 8. The largest absolute Gasteiger partial charge is 0.493 e. The van der Waals surface area contributed by atoms with Crippen LogP contribution in [0.15, 0.2) is 29.0 Å². The van der Waals surface area contributed by atoms with Crippen LogP contribution >= 0.6 is 11.3 Å². The maximum atomic E-state index is 12.9. The number of hydrogen-bond donors (Lipinski definition) is 1. The Bertz CT molecular complexity index is 761. The molecule has 0 spiro atoms. The first-order valence-corrected chi connectivity index (χ1v) is 11.0. The number of hydrogen-bond acceptors (Lipinski definition) is 6. The minimum atomic E-state index is -0.153. The molecule has 3 rings (SSSR count). The van der Waals surface area contributed by atoms with Crippen LogP contribution in [-0.2, 0) is 0 Å². The molecule has 1 aromatic carbocycles. The first-order chi connectivity index (χ1) is 14.2. The fourth-order valence-corrected chi connectivity index (χ4v) is 4.54. The van der Waals surface area contributed by atoms with E-state index in [0.717, 1.165) is 13.1 Å². The summed E-state index contributed by atoms with van der Waals surface area (Å²) >= 11 is 1.70. The van der Waals surface area contributed by atoms with Gasteiger partial charge in [-0.1, -0.05) is 12.8 Å². The van der Waals surface area contributed by atoms with Gasteiger partial charge in [-0.3, -0.25) is 9.69 Å². The van der Waals surface area contributed by atoms with Crippen molar-refractivity contribution in [3.63, 3.8) is 0 Å². The molecule has 1 fully saturated rings. The lowest BCUT2D eigenvalue weighted by molar-refractivity contribution is 0.0932. The molecule has 7 heteroatoms. The summed E-state index contributed by atoms with van der Waals surface area (Å²) < 4.78 is 16.1. The van der Waals surface area contributed by atoms with E-state index in [9.17, 15) is 4.79 Å². The van der Waals surface area contributed by atoms with Gasteiger partial charge in [0.15, 0.2) is 11.5 Å². The number of carbonyl (C=O) groups is 1. The van der Waals surface area contributed by atoms with E-state index in [1.165, 1.54) is 31.2 Å². The quantitative estimate of drug-likeness (QED) is 0.699. The van der Waals surface area contributed by atoms with Crippen molar-refractivity contribution in [3.05, 3.63) is 40.1 Å². The first kappa shape index (κ1) is 21.5. The predicted octanol–water partition coefficient (Wildman–Crippen LogP) is 4.12. The normalized spacial score (nSPS) is 16.0. The molecule has 1 aromatic heterocycles. The minimum absolute atomic E-state index is 0.153. The van der Waals surface area contributed by atoms with Crippen molar-refractivity contribution in [2.24, 2.45) is 0 Å². The van der Waals surface area contributed by atoms with Gasteiger partial charge in [-0.2, -0.15) is 11.3 Å². The zero-order valence-electron chi connectivity index (χ0n) is 17.4. The summed E-state index contributed by atoms with van der Waals surface area (Å²) in [4.78, 5) is 15.4. The molecule has 0 aliphatic carbocycles. The van der Waals surface area contributed by atoms with Gasteiger partial charge < -0.3 is 19.5 Å². The van der Waals surface area contributed by atoms with Crippen molar-refractivity contribution in [2.45, 2.75) is 31.7 Å². The second kappa shape index (κ2) is 10.5. The van der Waals surface area contributed by atoms with Crippen LogP contribution in [0.5, 0.6) is 17.2 Å². The van der Waals surface area contributed by atoms with E-state index in [1.54, 1.807) is 44.8 Å². The van der Waals surface area contributed by atoms with Gasteiger partial charge in [0, 0.05) is 12.1 Å². The molecule has 6 nitrogen and oxygen atoms in total. The number of amides is 1. The van der Waals surface area contributed by atoms with Crippen molar-refractivity contribution >= 4 is 17.2 Å². The topological polar surface area (TPSA) is 60.0 Å². The lowest BCUT2D eigenvalue weighted by Crippen LogP contribution is -2.38. The number of methoxy groups -OCH3 is 3. The summed E-state index contributed by atoms with van der Waals surface area (Å²) in [6.45, 7) is 2.70. The number of benzene rings is 1. The maximum absolute atomic E-state index is 12.9. The summed E-state index contributed by atoms with van der Waals surface area (Å²) in [5, 5.41) is 7.40. The summed E-state index contributed by atoms with van der Waals surface area (Å²) in [6, 6.07) is 5.71. The van der Waals surface area contributed by atoms with Crippen molar-refractivity contribution in [1.82, 2.24) is 10.2 Å². The Morgan fingerprint density at radius 2 is 1.72 bits per heavy atom. The SMILES string of the molecule is COc1cc(C(=O)NCC(c2ccsc2)N2CCCCCC2)cc(OC)c1OC. The Morgan fingerprint density at radius 3 is 2.24 bits per heavy atom. The summed E-state index contributed by atoms with van der Waals surface area (Å²) in [5.74, 6) is 1.27. The number of nitrogens with one attached hydrogen (secondary N) is 1. The van der Waals surface area contributed by atoms with Gasteiger partial charge in [-0.25, -0.2) is 0 Å². The molecule has 1 saturated heterocycles. The molecular weight excluding hydrogens is 388 g/mol. The molecule has 0 bridgehead atoms. The molecule has 0 saturated carbocycles. The van der Waals surface area contributed by atoms with Gasteiger partial charge in [-0.05, 0) is 60.5 Å². The van der Waals surface area contributed by atoms with Crippen molar-refractivity contribution in [3.8, 4) is 17.2 Å². The Hall–Kier alpha value is -2.25. The molecule has 1 aliphatic heterocycles. The van der Waals surface area contributed by atoms with Gasteiger partial charge in [0.2, 0.25) is 5.75 Å². The fourth-order valence-electron chi connectivity index (χ4n) is 3.83. The average molecular weight is 419 g/mol. The molecule has 1 aliphatic rings. The van der Waals surface area contributed by atoms with E-state index in [1.807, 2.05) is 0 Å². The summed E-state index contributed by atoms with van der Waals surface area (Å²) in [6.07, 6.45) is 4.98. The highest BCUT2D eigenvalue weighted by Gasteiger charge is 2.23. The molecule has 1 amide bonds. The fraction of sp³-hybridized carbons (Fsp3) is 0.500. The van der Waals surface area contributed by atoms with Crippen molar-refractivity contribution in [2.75, 3.05) is 41.0 Å². The molecule has 158 valence electrons. The lowest BCUT2D eigenvalue weighted by Gasteiger charge is -2.30. The molecule has 1 atom stereocenters. The third-order valence-electron chi connectivity index (χ3n) is 5.39. The van der Waals surface area contributed by atoms with Crippen LogP contribution < -0.4 is 19.5 Å². The highest BCUT2D eigenvalue weighted by Crippen LogP contribution is 2.38. The predicted molar refractivity (Wildman–Crippen MR) is 116 cm³/mol. The lowest BCUT2D eigenvalue weighted by atomic mass is 10.1. The number of ether oxygens (including phenoxy) is 3. The van der Waals surface area contributed by atoms with Crippen LogP contribution in [0.3, 0.4) is 0 Å². The highest BCUT2D eigenvalue weighted by atomic mass is 32.1. The molecular formula is C22H30N2O4S. The van der Waals surface area contributed by atoms with Crippen LogP contribution in [0.1, 0.15) is 47.6 Å². The van der Waals surface area contributed by atoms with E-state index in [0.29, 0.717) is 29.4 Å². The molecule has 2 heterocycles. The van der Waals surface area contributed by atoms with Gasteiger partial charge in [0.05, 0.1) is 27.4 Å². The van der Waals surface area contributed by atoms with Crippen LogP contribution in [-0.4, -0.2) is 51.8 Å². The van der Waals surface area contributed by atoms with Crippen LogP contribution in [0.4, 0.5) is 0 Å². The van der Waals surface area contributed by atoms with Gasteiger partial charge >= 0.3 is 0 Å². The monoisotopic (exact) mass is 418 g/mol. The van der Waals surface area contributed by atoms with E-state index >= 15 is 0 Å². The molecule has 1 N–H and O–H groups in total. The van der Waals surface area contributed by atoms with Crippen LogP contribution in [0.2, 0.25) is 0 Å². The van der Waals surface area contributed by atoms with E-state index in [2.05, 4.69) is 27.0 Å². The third-order valence-corrected chi connectivity index (χ3v) is 6.09. The zero-order chi connectivity index (χ0) is 20.6. The van der Waals surface area contributed by atoms with Gasteiger partial charge in [-0.15, -0.1) is 0 Å². The number of thiophene rings is 1. The Kier molecular flexibility index (Phi) is 7.77. The first-order valence-electron chi connectivity index (χ1n) is 10.0. The number of nitrogens with zero attached hydrogens (tertiary/aromatic N) is 1. The molecule has 0 radical (unpaired) electrons. The van der Waals surface area contributed by atoms with Crippen LogP contribution in [0.25, 0.3) is 0 Å². The minimum Gasteiger partial charge on any atom is -0.493 e. The molecule has 29 heavy (non-hydrogen) atoms. The van der Waals surface area contributed by atoms with E-state index < -0.39 is 0 Å². The number of likely N-dealkylation sites (tertiary alicyclic amines) is 1. The number of carbonyl (C=O) groups excluding carboxylic acids is 1. The Labute approximate surface area is 176 Å². The van der Waals surface area contributed by atoms with Crippen molar-refractivity contribution in [1.29, 1.82) is 0 Å². The van der Waals surface area contributed by atoms with Gasteiger partial charge in [0.1, 0.15) is 0 Å². The highest BCUT2D eigenvalue weighted by molar-refractivity contribution is 7.07. The Morgan fingerprint density at radius 1 is 1.07 bits per heavy atom. The molecule has 1 unspecified atom stereocenters. The molecule has 2 aromatic rings. The maximum Gasteiger partial charge on any atom is 0.251 e. The summed E-state index contributed by atoms with van der Waals surface area (Å²) in [5.41, 5.74) is 1.75. The average Bonchev–Trinajstić information content (AvgIpc) is 3.15. The smallest absolute Gasteiger partial charge is 0.251 e. The standard InChI is InChI=1S/C22H30N2O4S/c1-26-19-12-17(13-20(27-2)21(19)28-3)22(25)23-14-18(16-8-11-29-15-16)24-9-6-4-5-7-10-24/h8,11-13,15,18H,4-7,9-10,14H2,1-3H3,(H,23,25).